The summed E-state index contributed by atoms with van der Waals surface area (Å²) >= 11 is 0. The predicted octanol–water partition coefficient (Wildman–Crippen LogP) is 1.10. The van der Waals surface area contributed by atoms with Crippen molar-refractivity contribution in [3.05, 3.63) is 47.8 Å². The number of hydrogen-bond donors (Lipinski definition) is 2. The van der Waals surface area contributed by atoms with Crippen molar-refractivity contribution >= 4 is 36.0 Å². The molecular weight excluding hydrogens is 494 g/mol. The van der Waals surface area contributed by atoms with Crippen molar-refractivity contribution < 1.29 is 33.1 Å². The quantitative estimate of drug-likeness (QED) is 0.370. The van der Waals surface area contributed by atoms with Crippen LogP contribution in [0.5, 0.6) is 5.75 Å². The Balaban J connectivity index is 1.07. The maximum Gasteiger partial charge on any atom is 0.495 e. The van der Waals surface area contributed by atoms with Crippen LogP contribution in [0.15, 0.2) is 36.4 Å². The van der Waals surface area contributed by atoms with Crippen LogP contribution in [0.3, 0.4) is 0 Å². The molecule has 3 aliphatic rings. The minimum Gasteiger partial charge on any atom is -0.494 e. The van der Waals surface area contributed by atoms with Crippen LogP contribution in [-0.4, -0.2) is 87.6 Å². The molecule has 2 aromatic rings. The average molecular weight is 526 g/mol. The van der Waals surface area contributed by atoms with E-state index in [1.165, 1.54) is 17.9 Å². The standard InChI is InChI=1S/C26H32BFN4O6/c1-18(33)29-15-21-16-32(26(34)38-21)20-6-7-23(22(28)14-20)31-11-9-30(10-12-31)8-3-13-36-24-5-2-4-19-17-37-27(35)25(19)24/h2,4-7,14,21,35H,3,8-13,15-17H2,1H3,(H,29,33)/t21-/m0/s1. The van der Waals surface area contributed by atoms with Crippen molar-refractivity contribution in [2.24, 2.45) is 0 Å². The third-order valence-electron chi connectivity index (χ3n) is 7.08. The first-order chi connectivity index (χ1) is 18.4. The molecule has 0 aromatic heterocycles. The fraction of sp³-hybridized carbons (Fsp3) is 0.462. The normalized spacial score (nSPS) is 19.5. The van der Waals surface area contributed by atoms with Gasteiger partial charge in [-0.25, -0.2) is 9.18 Å². The number of rotatable bonds is 9. The highest BCUT2D eigenvalue weighted by atomic mass is 19.1. The molecule has 38 heavy (non-hydrogen) atoms. The Hall–Kier alpha value is -3.35. The first kappa shape index (κ1) is 26.3. The van der Waals surface area contributed by atoms with Gasteiger partial charge in [0.05, 0.1) is 37.7 Å². The monoisotopic (exact) mass is 526 g/mol. The summed E-state index contributed by atoms with van der Waals surface area (Å²) in [4.78, 5) is 29.1. The molecule has 0 unspecified atom stereocenters. The van der Waals surface area contributed by atoms with Crippen LogP contribution in [-0.2, 0) is 20.8 Å². The van der Waals surface area contributed by atoms with E-state index >= 15 is 4.39 Å². The zero-order valence-electron chi connectivity index (χ0n) is 21.4. The molecule has 12 heteroatoms. The number of amides is 2. The molecule has 2 N–H and O–H groups in total. The van der Waals surface area contributed by atoms with Gasteiger partial charge in [0.15, 0.2) is 0 Å². The van der Waals surface area contributed by atoms with Gasteiger partial charge in [-0.2, -0.15) is 0 Å². The lowest BCUT2D eigenvalue weighted by atomic mass is 9.79. The summed E-state index contributed by atoms with van der Waals surface area (Å²) in [7, 11) is -0.931. The molecule has 0 saturated carbocycles. The average Bonchev–Trinajstić information content (AvgIpc) is 3.48. The molecule has 0 spiro atoms. The van der Waals surface area contributed by atoms with Gasteiger partial charge in [-0.15, -0.1) is 0 Å². The first-order valence-electron chi connectivity index (χ1n) is 12.9. The first-order valence-corrected chi connectivity index (χ1v) is 12.9. The Morgan fingerprint density at radius 3 is 2.82 bits per heavy atom. The van der Waals surface area contributed by atoms with Gasteiger partial charge < -0.3 is 29.4 Å². The third-order valence-corrected chi connectivity index (χ3v) is 7.08. The van der Waals surface area contributed by atoms with Crippen LogP contribution in [0.2, 0.25) is 0 Å². The molecule has 2 fully saturated rings. The van der Waals surface area contributed by atoms with Crippen molar-refractivity contribution in [2.45, 2.75) is 26.1 Å². The summed E-state index contributed by atoms with van der Waals surface area (Å²) in [5.41, 5.74) is 2.62. The summed E-state index contributed by atoms with van der Waals surface area (Å²) < 4.78 is 31.5. The smallest absolute Gasteiger partial charge is 0.494 e. The molecule has 0 bridgehead atoms. The number of hydrogen-bond acceptors (Lipinski definition) is 8. The summed E-state index contributed by atoms with van der Waals surface area (Å²) in [5, 5.41) is 12.6. The number of piperazine rings is 1. The van der Waals surface area contributed by atoms with E-state index in [0.717, 1.165) is 37.1 Å². The molecule has 2 aromatic carbocycles. The number of anilines is 2. The van der Waals surface area contributed by atoms with E-state index in [4.69, 9.17) is 14.1 Å². The Labute approximate surface area is 221 Å². The van der Waals surface area contributed by atoms with Crippen molar-refractivity contribution in [2.75, 3.05) is 62.2 Å². The van der Waals surface area contributed by atoms with Crippen LogP contribution >= 0.6 is 0 Å². The Morgan fingerprint density at radius 2 is 2.05 bits per heavy atom. The molecule has 2 saturated heterocycles. The fourth-order valence-corrected chi connectivity index (χ4v) is 5.07. The fourth-order valence-electron chi connectivity index (χ4n) is 5.07. The lowest BCUT2D eigenvalue weighted by Crippen LogP contribution is -2.47. The third kappa shape index (κ3) is 5.87. The maximum atomic E-state index is 15.1. The second-order valence-electron chi connectivity index (χ2n) is 9.71. The Bertz CT molecular complexity index is 1180. The zero-order chi connectivity index (χ0) is 26.6. The SMILES string of the molecule is CC(=O)NC[C@H]1CN(c2ccc(N3CCN(CCCOc4cccc5c4B(O)OC5)CC3)c(F)c2)C(=O)O1. The van der Waals surface area contributed by atoms with Crippen LogP contribution < -0.4 is 25.3 Å². The molecule has 202 valence electrons. The van der Waals surface area contributed by atoms with Gasteiger partial charge in [0, 0.05) is 45.1 Å². The number of carbonyl (C=O) groups is 2. The number of carbonyl (C=O) groups excluding carboxylic acids is 2. The summed E-state index contributed by atoms with van der Waals surface area (Å²) in [5.74, 6) is 0.0837. The van der Waals surface area contributed by atoms with E-state index in [1.54, 1.807) is 12.1 Å². The highest BCUT2D eigenvalue weighted by Crippen LogP contribution is 2.28. The van der Waals surface area contributed by atoms with Crippen molar-refractivity contribution in [1.82, 2.24) is 10.2 Å². The van der Waals surface area contributed by atoms with Gasteiger partial charge in [0.1, 0.15) is 17.7 Å². The van der Waals surface area contributed by atoms with Crippen LogP contribution in [0.25, 0.3) is 0 Å². The highest BCUT2D eigenvalue weighted by Gasteiger charge is 2.33. The van der Waals surface area contributed by atoms with Crippen LogP contribution in [0, 0.1) is 5.82 Å². The number of cyclic esters (lactones) is 1. The summed E-state index contributed by atoms with van der Waals surface area (Å²) in [6, 6.07) is 10.5. The molecule has 3 heterocycles. The predicted molar refractivity (Wildman–Crippen MR) is 140 cm³/mol. The van der Waals surface area contributed by atoms with Gasteiger partial charge >= 0.3 is 13.2 Å². The second-order valence-corrected chi connectivity index (χ2v) is 9.71. The number of ether oxygens (including phenoxy) is 2. The number of nitrogens with zero attached hydrogens (tertiary/aromatic N) is 3. The minimum atomic E-state index is -0.931. The number of fused-ring (bicyclic) bond motifs is 1. The van der Waals surface area contributed by atoms with Gasteiger partial charge in [0.2, 0.25) is 5.91 Å². The maximum absolute atomic E-state index is 15.1. The molecule has 5 rings (SSSR count). The van der Waals surface area contributed by atoms with E-state index < -0.39 is 19.3 Å². The van der Waals surface area contributed by atoms with Gasteiger partial charge in [-0.05, 0) is 36.2 Å². The Kier molecular flexibility index (Phi) is 8.01. The summed E-state index contributed by atoms with van der Waals surface area (Å²) in [6.45, 7) is 6.65. The number of halogens is 1. The Morgan fingerprint density at radius 1 is 1.24 bits per heavy atom. The minimum absolute atomic E-state index is 0.199. The zero-order valence-corrected chi connectivity index (χ0v) is 21.4. The number of benzene rings is 2. The lowest BCUT2D eigenvalue weighted by molar-refractivity contribution is -0.119. The van der Waals surface area contributed by atoms with E-state index in [0.29, 0.717) is 43.4 Å². The van der Waals surface area contributed by atoms with E-state index in [9.17, 15) is 14.6 Å². The van der Waals surface area contributed by atoms with Crippen molar-refractivity contribution in [3.63, 3.8) is 0 Å². The van der Waals surface area contributed by atoms with Crippen molar-refractivity contribution in [3.8, 4) is 5.75 Å². The molecule has 2 amide bonds. The van der Waals surface area contributed by atoms with E-state index in [-0.39, 0.29) is 24.8 Å². The van der Waals surface area contributed by atoms with Gasteiger partial charge in [-0.3, -0.25) is 14.6 Å². The van der Waals surface area contributed by atoms with Gasteiger partial charge in [0.25, 0.3) is 0 Å². The van der Waals surface area contributed by atoms with Crippen LogP contribution in [0.4, 0.5) is 20.6 Å². The molecule has 0 aliphatic carbocycles. The highest BCUT2D eigenvalue weighted by molar-refractivity contribution is 6.62. The molecule has 0 radical (unpaired) electrons. The van der Waals surface area contributed by atoms with E-state index in [2.05, 4.69) is 10.2 Å². The number of nitrogens with one attached hydrogen (secondary N) is 1. The second kappa shape index (κ2) is 11.6. The molecule has 1 atom stereocenters. The molecule has 10 nitrogen and oxygen atoms in total. The lowest BCUT2D eigenvalue weighted by Gasteiger charge is -2.36. The van der Waals surface area contributed by atoms with E-state index in [1.807, 2.05) is 23.1 Å². The van der Waals surface area contributed by atoms with Gasteiger partial charge in [-0.1, -0.05) is 12.1 Å². The summed E-state index contributed by atoms with van der Waals surface area (Å²) in [6.07, 6.45) is -0.189. The van der Waals surface area contributed by atoms with Crippen LogP contribution in [0.1, 0.15) is 18.9 Å². The molecular formula is C26H32BFN4O6. The van der Waals surface area contributed by atoms with Crippen molar-refractivity contribution in [1.29, 1.82) is 0 Å². The largest absolute Gasteiger partial charge is 0.495 e. The molecule has 3 aliphatic heterocycles. The topological polar surface area (TPSA) is 104 Å².